The van der Waals surface area contributed by atoms with Crippen LogP contribution < -0.4 is 5.32 Å². The second-order valence-corrected chi connectivity index (χ2v) is 6.47. The molecule has 2 N–H and O–H groups in total. The van der Waals surface area contributed by atoms with Crippen molar-refractivity contribution in [3.8, 4) is 0 Å². The van der Waals surface area contributed by atoms with E-state index in [0.29, 0.717) is 0 Å². The fourth-order valence-corrected chi connectivity index (χ4v) is 2.97. The smallest absolute Gasteiger partial charge is 0.304 e. The summed E-state index contributed by atoms with van der Waals surface area (Å²) in [5, 5.41) is 11.0. The lowest BCUT2D eigenvalue weighted by Crippen LogP contribution is -2.37. The van der Waals surface area contributed by atoms with E-state index in [1.54, 1.807) is 0 Å². The minimum atomic E-state index is -3.61. The Morgan fingerprint density at radius 2 is 1.82 bits per heavy atom. The molecule has 0 radical (unpaired) electrons. The van der Waals surface area contributed by atoms with Crippen molar-refractivity contribution in [2.75, 3.05) is 11.5 Å². The van der Waals surface area contributed by atoms with Crippen LogP contribution in [0.25, 0.3) is 0 Å². The van der Waals surface area contributed by atoms with Gasteiger partial charge in [0, 0.05) is 6.04 Å². The monoisotopic (exact) mass is 263 g/mol. The Morgan fingerprint density at radius 3 is 2.35 bits per heavy atom. The van der Waals surface area contributed by atoms with Gasteiger partial charge in [0.1, 0.15) is 5.75 Å². The van der Waals surface area contributed by atoms with Gasteiger partial charge in [-0.05, 0) is 12.8 Å². The number of carboxylic acid groups (broad SMARTS) is 1. The molecule has 0 atom stereocenters. The zero-order valence-corrected chi connectivity index (χ0v) is 10.3. The topological polar surface area (TPSA) is 101 Å². The fourth-order valence-electron chi connectivity index (χ4n) is 1.85. The van der Waals surface area contributed by atoms with E-state index in [2.05, 4.69) is 5.32 Å². The van der Waals surface area contributed by atoms with Crippen LogP contribution in [0.2, 0.25) is 0 Å². The first-order valence-electron chi connectivity index (χ1n) is 5.60. The van der Waals surface area contributed by atoms with E-state index in [0.717, 1.165) is 25.7 Å². The Morgan fingerprint density at radius 1 is 1.24 bits per heavy atom. The van der Waals surface area contributed by atoms with Crippen molar-refractivity contribution in [3.05, 3.63) is 0 Å². The van der Waals surface area contributed by atoms with E-state index in [9.17, 15) is 18.0 Å². The van der Waals surface area contributed by atoms with E-state index >= 15 is 0 Å². The van der Waals surface area contributed by atoms with Crippen LogP contribution in [0.5, 0.6) is 0 Å². The summed E-state index contributed by atoms with van der Waals surface area (Å²) in [4.78, 5) is 21.7. The number of carbonyl (C=O) groups excluding carboxylic acids is 1. The summed E-state index contributed by atoms with van der Waals surface area (Å²) in [6.45, 7) is 0. The SMILES string of the molecule is O=C(O)CCS(=O)(=O)CC(=O)NC1CCCC1. The number of carbonyl (C=O) groups is 2. The van der Waals surface area contributed by atoms with Crippen molar-refractivity contribution >= 4 is 21.7 Å². The maximum atomic E-state index is 11.4. The molecular formula is C10H17NO5S. The van der Waals surface area contributed by atoms with Crippen LogP contribution in [-0.4, -0.2) is 42.9 Å². The van der Waals surface area contributed by atoms with Crippen LogP contribution in [0, 0.1) is 0 Å². The number of nitrogens with one attached hydrogen (secondary N) is 1. The number of amides is 1. The Kier molecular flexibility index (Phi) is 4.92. The van der Waals surface area contributed by atoms with Gasteiger partial charge in [0.15, 0.2) is 9.84 Å². The van der Waals surface area contributed by atoms with Gasteiger partial charge in [-0.25, -0.2) is 8.42 Å². The van der Waals surface area contributed by atoms with Gasteiger partial charge in [0.05, 0.1) is 12.2 Å². The Labute approximate surface area is 100 Å². The molecule has 7 heteroatoms. The van der Waals surface area contributed by atoms with Gasteiger partial charge in [-0.2, -0.15) is 0 Å². The Balaban J connectivity index is 2.35. The highest BCUT2D eigenvalue weighted by Crippen LogP contribution is 2.17. The van der Waals surface area contributed by atoms with Crippen molar-refractivity contribution in [1.29, 1.82) is 0 Å². The number of hydrogen-bond donors (Lipinski definition) is 2. The average Bonchev–Trinajstić information content (AvgIpc) is 2.66. The minimum Gasteiger partial charge on any atom is -0.481 e. The molecular weight excluding hydrogens is 246 g/mol. The van der Waals surface area contributed by atoms with Crippen LogP contribution in [0.3, 0.4) is 0 Å². The molecule has 0 heterocycles. The number of sulfone groups is 1. The number of aliphatic carboxylic acids is 1. The standard InChI is InChI=1S/C10H17NO5S/c12-9(11-8-3-1-2-4-8)7-17(15,16)6-5-10(13)14/h8H,1-7H2,(H,11,12)(H,13,14). The predicted octanol–water partition coefficient (Wildman–Crippen LogP) is -0.0653. The van der Waals surface area contributed by atoms with Crippen molar-refractivity contribution in [1.82, 2.24) is 5.32 Å². The Hall–Kier alpha value is -1.11. The zero-order chi connectivity index (χ0) is 12.9. The summed E-state index contributed by atoms with van der Waals surface area (Å²) in [6.07, 6.45) is 3.42. The molecule has 1 saturated carbocycles. The molecule has 6 nitrogen and oxygen atoms in total. The third-order valence-electron chi connectivity index (χ3n) is 2.70. The number of carboxylic acids is 1. The van der Waals surface area contributed by atoms with Gasteiger partial charge in [0.2, 0.25) is 5.91 Å². The van der Waals surface area contributed by atoms with Gasteiger partial charge in [0.25, 0.3) is 0 Å². The van der Waals surface area contributed by atoms with E-state index in [4.69, 9.17) is 5.11 Å². The first-order valence-corrected chi connectivity index (χ1v) is 7.43. The normalized spacial score (nSPS) is 16.9. The molecule has 0 aromatic heterocycles. The van der Waals surface area contributed by atoms with Crippen molar-refractivity contribution < 1.29 is 23.1 Å². The van der Waals surface area contributed by atoms with E-state index < -0.39 is 39.6 Å². The number of rotatable bonds is 6. The summed E-state index contributed by atoms with van der Waals surface area (Å²) in [5.41, 5.74) is 0. The quantitative estimate of drug-likeness (QED) is 0.699. The molecule has 1 fully saturated rings. The van der Waals surface area contributed by atoms with E-state index in [1.165, 1.54) is 0 Å². The molecule has 1 aliphatic rings. The van der Waals surface area contributed by atoms with Gasteiger partial charge < -0.3 is 10.4 Å². The molecule has 1 aliphatic carbocycles. The molecule has 0 aliphatic heterocycles. The summed E-state index contributed by atoms with van der Waals surface area (Å²) in [5.74, 6) is -2.80. The van der Waals surface area contributed by atoms with Gasteiger partial charge >= 0.3 is 5.97 Å². The third-order valence-corrected chi connectivity index (χ3v) is 4.23. The zero-order valence-electron chi connectivity index (χ0n) is 9.52. The summed E-state index contributed by atoms with van der Waals surface area (Å²) in [7, 11) is -3.61. The first kappa shape index (κ1) is 14.0. The predicted molar refractivity (Wildman–Crippen MR) is 61.3 cm³/mol. The van der Waals surface area contributed by atoms with E-state index in [-0.39, 0.29) is 6.04 Å². The lowest BCUT2D eigenvalue weighted by molar-refractivity contribution is -0.136. The molecule has 0 saturated heterocycles. The average molecular weight is 263 g/mol. The van der Waals surface area contributed by atoms with Crippen molar-refractivity contribution in [3.63, 3.8) is 0 Å². The highest BCUT2D eigenvalue weighted by molar-refractivity contribution is 7.92. The first-order chi connectivity index (χ1) is 7.89. The highest BCUT2D eigenvalue weighted by atomic mass is 32.2. The fraction of sp³-hybridized carbons (Fsp3) is 0.800. The maximum Gasteiger partial charge on any atom is 0.304 e. The van der Waals surface area contributed by atoms with Crippen LogP contribution >= 0.6 is 0 Å². The van der Waals surface area contributed by atoms with Gasteiger partial charge in [-0.15, -0.1) is 0 Å². The number of hydrogen-bond acceptors (Lipinski definition) is 4. The molecule has 1 rings (SSSR count). The Bertz CT molecular complexity index is 384. The largest absolute Gasteiger partial charge is 0.481 e. The molecule has 0 aromatic carbocycles. The third kappa shape index (κ3) is 5.67. The molecule has 98 valence electrons. The van der Waals surface area contributed by atoms with Gasteiger partial charge in [-0.3, -0.25) is 9.59 Å². The van der Waals surface area contributed by atoms with E-state index in [1.807, 2.05) is 0 Å². The summed E-state index contributed by atoms with van der Waals surface area (Å²) < 4.78 is 22.8. The second-order valence-electron chi connectivity index (χ2n) is 4.28. The van der Waals surface area contributed by atoms with Crippen molar-refractivity contribution in [2.24, 2.45) is 0 Å². The lowest BCUT2D eigenvalue weighted by Gasteiger charge is -2.11. The van der Waals surface area contributed by atoms with Crippen LogP contribution in [0.1, 0.15) is 32.1 Å². The highest BCUT2D eigenvalue weighted by Gasteiger charge is 2.22. The minimum absolute atomic E-state index is 0.0807. The van der Waals surface area contributed by atoms with Crippen LogP contribution in [-0.2, 0) is 19.4 Å². The summed E-state index contributed by atoms with van der Waals surface area (Å²) in [6, 6.07) is 0.0807. The van der Waals surface area contributed by atoms with Crippen LogP contribution in [0.15, 0.2) is 0 Å². The molecule has 1 amide bonds. The molecule has 0 bridgehead atoms. The lowest BCUT2D eigenvalue weighted by atomic mass is 10.2. The maximum absolute atomic E-state index is 11.4. The molecule has 17 heavy (non-hydrogen) atoms. The van der Waals surface area contributed by atoms with Crippen LogP contribution in [0.4, 0.5) is 0 Å². The molecule has 0 spiro atoms. The molecule has 0 unspecified atom stereocenters. The second kappa shape index (κ2) is 6.00. The molecule has 0 aromatic rings. The van der Waals surface area contributed by atoms with Crippen molar-refractivity contribution in [2.45, 2.75) is 38.1 Å². The van der Waals surface area contributed by atoms with Gasteiger partial charge in [-0.1, -0.05) is 12.8 Å². The summed E-state index contributed by atoms with van der Waals surface area (Å²) >= 11 is 0.